The minimum Gasteiger partial charge on any atom is -0.483 e. The van der Waals surface area contributed by atoms with E-state index in [-0.39, 0.29) is 17.9 Å². The Hall–Kier alpha value is -2.02. The summed E-state index contributed by atoms with van der Waals surface area (Å²) in [6.45, 7) is 0.933. The second-order valence-electron chi connectivity index (χ2n) is 4.96. The fourth-order valence-electron chi connectivity index (χ4n) is 1.99. The molecule has 6 nitrogen and oxygen atoms in total. The van der Waals surface area contributed by atoms with Crippen molar-refractivity contribution in [1.29, 1.82) is 10.9 Å². The molecule has 2 fully saturated rings. The van der Waals surface area contributed by atoms with Crippen LogP contribution in [0.5, 0.6) is 5.75 Å². The third-order valence-corrected chi connectivity index (χ3v) is 3.34. The highest BCUT2D eigenvalue weighted by molar-refractivity contribution is 5.98. The normalized spacial score (nSPS) is 18.2. The summed E-state index contributed by atoms with van der Waals surface area (Å²) in [6, 6.07) is 4.02. The minimum atomic E-state index is -0.424. The van der Waals surface area contributed by atoms with Crippen LogP contribution in [0.1, 0.15) is 12.8 Å². The number of rotatable bonds is 5. The Morgan fingerprint density at radius 3 is 2.70 bits per heavy atom. The molecule has 0 bridgehead atoms. The lowest BCUT2D eigenvalue weighted by molar-refractivity contribution is -0.0795. The lowest BCUT2D eigenvalue weighted by Crippen LogP contribution is -2.39. The first kappa shape index (κ1) is 13.0. The molecular weight excluding hydrogens is 263 g/mol. The van der Waals surface area contributed by atoms with Gasteiger partial charge in [-0.15, -0.1) is 0 Å². The maximum atomic E-state index is 13.4. The van der Waals surface area contributed by atoms with E-state index in [1.54, 1.807) is 0 Å². The molecule has 1 aromatic carbocycles. The van der Waals surface area contributed by atoms with Gasteiger partial charge in [-0.2, -0.15) is 10.5 Å². The van der Waals surface area contributed by atoms with Crippen LogP contribution >= 0.6 is 0 Å². The Morgan fingerprint density at radius 2 is 2.15 bits per heavy atom. The van der Waals surface area contributed by atoms with Gasteiger partial charge >= 0.3 is 0 Å². The van der Waals surface area contributed by atoms with Gasteiger partial charge in [0.15, 0.2) is 0 Å². The number of hydrogen-bond donors (Lipinski definition) is 2. The molecular formula is C13H15FN4O2. The average molecular weight is 278 g/mol. The summed E-state index contributed by atoms with van der Waals surface area (Å²) in [6.07, 6.45) is 1.75. The molecule has 0 aromatic heterocycles. The fourth-order valence-corrected chi connectivity index (χ4v) is 1.99. The van der Waals surface area contributed by atoms with Crippen molar-refractivity contribution in [1.82, 2.24) is 0 Å². The number of amidine groups is 1. The molecule has 0 amide bonds. The number of ether oxygens (including phenoxy) is 2. The second-order valence-corrected chi connectivity index (χ2v) is 4.96. The van der Waals surface area contributed by atoms with Gasteiger partial charge in [-0.05, 0) is 25.0 Å². The van der Waals surface area contributed by atoms with Gasteiger partial charge in [0.05, 0.1) is 13.2 Å². The number of halogens is 1. The Kier molecular flexibility index (Phi) is 3.35. The first-order chi connectivity index (χ1) is 9.69. The average Bonchev–Trinajstić information content (AvgIpc) is 3.21. The number of nitrogens with zero attached hydrogens (tertiary/aromatic N) is 2. The zero-order valence-electron chi connectivity index (χ0n) is 10.8. The predicted molar refractivity (Wildman–Crippen MR) is 69.7 cm³/mol. The summed E-state index contributed by atoms with van der Waals surface area (Å²) in [4.78, 5) is 0. The Morgan fingerprint density at radius 1 is 1.40 bits per heavy atom. The van der Waals surface area contributed by atoms with Gasteiger partial charge in [0.2, 0.25) is 0 Å². The van der Waals surface area contributed by atoms with Crippen molar-refractivity contribution in [2.45, 2.75) is 18.9 Å². The Labute approximate surface area is 115 Å². The van der Waals surface area contributed by atoms with E-state index in [0.717, 1.165) is 12.8 Å². The van der Waals surface area contributed by atoms with Crippen molar-refractivity contribution < 1.29 is 13.9 Å². The van der Waals surface area contributed by atoms with E-state index < -0.39 is 5.82 Å². The summed E-state index contributed by atoms with van der Waals surface area (Å²) < 4.78 is 24.1. The summed E-state index contributed by atoms with van der Waals surface area (Å²) in [5, 5.41) is 12.6. The highest BCUT2D eigenvalue weighted by Crippen LogP contribution is 2.37. The zero-order chi connectivity index (χ0) is 14.1. The van der Waals surface area contributed by atoms with Crippen molar-refractivity contribution in [2.75, 3.05) is 18.2 Å². The van der Waals surface area contributed by atoms with Crippen molar-refractivity contribution in [2.24, 2.45) is 11.1 Å². The van der Waals surface area contributed by atoms with E-state index in [2.05, 4.69) is 5.22 Å². The van der Waals surface area contributed by atoms with E-state index in [9.17, 15) is 4.39 Å². The first-order valence-electron chi connectivity index (χ1n) is 6.49. The maximum Gasteiger partial charge on any atom is 0.148 e. The first-order valence-corrected chi connectivity index (χ1v) is 6.49. The van der Waals surface area contributed by atoms with E-state index in [1.807, 2.05) is 0 Å². The van der Waals surface area contributed by atoms with Gasteiger partial charge in [0.25, 0.3) is 0 Å². The summed E-state index contributed by atoms with van der Waals surface area (Å²) in [5.41, 5.74) is 7.70. The minimum absolute atomic E-state index is 0.113. The Balaban J connectivity index is 1.88. The molecule has 0 atom stereocenters. The molecule has 1 aliphatic carbocycles. The molecule has 1 heterocycles. The smallest absolute Gasteiger partial charge is 0.148 e. The summed E-state index contributed by atoms with van der Waals surface area (Å²) >= 11 is 0. The molecule has 3 rings (SSSR count). The molecule has 0 radical (unpaired) electrons. The Bertz CT molecular complexity index is 543. The highest BCUT2D eigenvalue weighted by atomic mass is 19.1. The zero-order valence-corrected chi connectivity index (χ0v) is 10.8. The van der Waals surface area contributed by atoms with E-state index >= 15 is 0 Å². The molecule has 1 aliphatic heterocycles. The molecule has 1 saturated carbocycles. The number of nitrogens with one attached hydrogen (secondary N) is 2. The van der Waals surface area contributed by atoms with Gasteiger partial charge in [0, 0.05) is 12.0 Å². The van der Waals surface area contributed by atoms with E-state index in [0.29, 0.717) is 24.7 Å². The highest BCUT2D eigenvalue weighted by Gasteiger charge is 2.33. The topological polar surface area (TPSA) is 81.8 Å². The van der Waals surface area contributed by atoms with Crippen LogP contribution < -0.4 is 9.75 Å². The molecule has 1 aromatic rings. The van der Waals surface area contributed by atoms with Crippen molar-refractivity contribution in [3.63, 3.8) is 0 Å². The van der Waals surface area contributed by atoms with Crippen LogP contribution in [-0.2, 0) is 4.74 Å². The van der Waals surface area contributed by atoms with E-state index in [1.165, 1.54) is 23.2 Å². The standard InChI is InChI=1S/C13H15FN4O2/c14-9-3-4-11(12(5-9)20-10-6-19-7-10)18(17-16)13(15)8-1-2-8/h3-5,8,10,15-16H,1-2,6-7H2. The van der Waals surface area contributed by atoms with Gasteiger partial charge in [-0.1, -0.05) is 5.22 Å². The largest absolute Gasteiger partial charge is 0.483 e. The predicted octanol–water partition coefficient (Wildman–Crippen LogP) is 2.74. The van der Waals surface area contributed by atoms with Crippen LogP contribution in [0.15, 0.2) is 23.4 Å². The number of anilines is 1. The third-order valence-electron chi connectivity index (χ3n) is 3.34. The van der Waals surface area contributed by atoms with Crippen LogP contribution in [0.3, 0.4) is 0 Å². The van der Waals surface area contributed by atoms with Crippen LogP contribution in [0.25, 0.3) is 0 Å². The van der Waals surface area contributed by atoms with E-state index in [4.69, 9.17) is 20.4 Å². The molecule has 20 heavy (non-hydrogen) atoms. The molecule has 0 unspecified atom stereocenters. The monoisotopic (exact) mass is 278 g/mol. The third kappa shape index (κ3) is 2.49. The molecule has 106 valence electrons. The molecule has 2 aliphatic rings. The number of hydrogen-bond acceptors (Lipinski definition) is 5. The molecule has 2 N–H and O–H groups in total. The van der Waals surface area contributed by atoms with Crippen LogP contribution in [0, 0.1) is 22.7 Å². The quantitative estimate of drug-likeness (QED) is 0.376. The van der Waals surface area contributed by atoms with Gasteiger partial charge in [0.1, 0.15) is 29.2 Å². The molecule has 1 saturated heterocycles. The SMILES string of the molecule is N=NN(C(=N)C1CC1)c1ccc(F)cc1OC1COC1. The summed E-state index contributed by atoms with van der Waals surface area (Å²) in [7, 11) is 0. The number of benzene rings is 1. The lowest BCUT2D eigenvalue weighted by Gasteiger charge is -2.29. The maximum absolute atomic E-state index is 13.4. The lowest BCUT2D eigenvalue weighted by atomic mass is 10.2. The molecule has 0 spiro atoms. The van der Waals surface area contributed by atoms with Gasteiger partial charge < -0.3 is 9.47 Å². The summed E-state index contributed by atoms with van der Waals surface area (Å²) in [5.74, 6) is 0.252. The van der Waals surface area contributed by atoms with Gasteiger partial charge in [-0.25, -0.2) is 4.39 Å². The van der Waals surface area contributed by atoms with Crippen LogP contribution in [0.4, 0.5) is 10.1 Å². The van der Waals surface area contributed by atoms with Gasteiger partial charge in [-0.3, -0.25) is 5.41 Å². The van der Waals surface area contributed by atoms with Crippen molar-refractivity contribution >= 4 is 11.5 Å². The van der Waals surface area contributed by atoms with Crippen LogP contribution in [0.2, 0.25) is 0 Å². The second kappa shape index (κ2) is 5.16. The van der Waals surface area contributed by atoms with Crippen molar-refractivity contribution in [3.8, 4) is 5.75 Å². The van der Waals surface area contributed by atoms with Crippen LogP contribution in [-0.4, -0.2) is 25.2 Å². The fraction of sp³-hybridized carbons (Fsp3) is 0.462. The van der Waals surface area contributed by atoms with Crippen molar-refractivity contribution in [3.05, 3.63) is 24.0 Å². The molecule has 7 heteroatoms.